The third kappa shape index (κ3) is 4.27. The van der Waals surface area contributed by atoms with Crippen molar-refractivity contribution in [3.63, 3.8) is 0 Å². The van der Waals surface area contributed by atoms with Crippen molar-refractivity contribution in [1.82, 2.24) is 24.4 Å². The number of anilines is 1. The van der Waals surface area contributed by atoms with E-state index in [2.05, 4.69) is 56.8 Å². The molecule has 1 aliphatic heterocycles. The zero-order chi connectivity index (χ0) is 20.9. The van der Waals surface area contributed by atoms with E-state index in [1.54, 1.807) is 7.11 Å². The second-order valence-electron chi connectivity index (χ2n) is 7.68. The molecule has 1 aliphatic rings. The molecule has 0 atom stereocenters. The minimum absolute atomic E-state index is 0.850. The van der Waals surface area contributed by atoms with Crippen molar-refractivity contribution in [3.8, 4) is 16.9 Å². The van der Waals surface area contributed by atoms with Gasteiger partial charge >= 0.3 is 0 Å². The Balaban J connectivity index is 1.47. The highest BCUT2D eigenvalue weighted by atomic mass is 16.5. The van der Waals surface area contributed by atoms with Gasteiger partial charge in [0.1, 0.15) is 11.6 Å². The van der Waals surface area contributed by atoms with E-state index in [9.17, 15) is 0 Å². The van der Waals surface area contributed by atoms with Crippen LogP contribution in [0.2, 0.25) is 0 Å². The van der Waals surface area contributed by atoms with E-state index in [0.717, 1.165) is 80.7 Å². The molecule has 1 saturated heterocycles. The van der Waals surface area contributed by atoms with Gasteiger partial charge in [-0.25, -0.2) is 4.98 Å². The first-order valence-corrected chi connectivity index (χ1v) is 10.9. The van der Waals surface area contributed by atoms with Gasteiger partial charge in [-0.05, 0) is 36.9 Å². The van der Waals surface area contributed by atoms with E-state index in [1.165, 1.54) is 0 Å². The summed E-state index contributed by atoms with van der Waals surface area (Å²) in [5.74, 6) is 1.96. The Morgan fingerprint density at radius 2 is 1.73 bits per heavy atom. The van der Waals surface area contributed by atoms with Gasteiger partial charge in [0.15, 0.2) is 5.65 Å². The molecule has 0 amide bonds. The van der Waals surface area contributed by atoms with E-state index >= 15 is 0 Å². The quantitative estimate of drug-likeness (QED) is 0.571. The number of benzene rings is 1. The van der Waals surface area contributed by atoms with Crippen LogP contribution in [-0.4, -0.2) is 83.9 Å². The summed E-state index contributed by atoms with van der Waals surface area (Å²) in [5.41, 5.74) is 3.02. The molecule has 0 spiro atoms. The fourth-order valence-corrected chi connectivity index (χ4v) is 4.12. The number of hydrogen-bond donors (Lipinski definition) is 0. The van der Waals surface area contributed by atoms with Crippen LogP contribution in [0.25, 0.3) is 16.8 Å². The molecule has 0 saturated carbocycles. The first-order valence-electron chi connectivity index (χ1n) is 10.9. The van der Waals surface area contributed by atoms with E-state index in [1.807, 2.05) is 29.0 Å². The fourth-order valence-electron chi connectivity index (χ4n) is 4.12. The Kier molecular flexibility index (Phi) is 6.50. The summed E-state index contributed by atoms with van der Waals surface area (Å²) in [7, 11) is 1.68. The van der Waals surface area contributed by atoms with Gasteiger partial charge in [-0.15, -0.1) is 0 Å². The summed E-state index contributed by atoms with van der Waals surface area (Å²) >= 11 is 0. The minimum atomic E-state index is 0.850. The normalized spacial score (nSPS) is 15.3. The van der Waals surface area contributed by atoms with Crippen molar-refractivity contribution in [1.29, 1.82) is 0 Å². The Hall–Kier alpha value is -2.64. The van der Waals surface area contributed by atoms with Crippen molar-refractivity contribution < 1.29 is 4.74 Å². The molecule has 1 aromatic carbocycles. The molecule has 7 heteroatoms. The molecule has 4 rings (SSSR count). The first-order chi connectivity index (χ1) is 14.7. The Labute approximate surface area is 178 Å². The molecule has 1 fully saturated rings. The summed E-state index contributed by atoms with van der Waals surface area (Å²) in [4.78, 5) is 12.1. The second-order valence-corrected chi connectivity index (χ2v) is 7.68. The molecule has 3 heterocycles. The lowest BCUT2D eigenvalue weighted by Gasteiger charge is -2.36. The lowest BCUT2D eigenvalue weighted by Crippen LogP contribution is -2.49. The molecule has 0 unspecified atom stereocenters. The summed E-state index contributed by atoms with van der Waals surface area (Å²) in [6.07, 6.45) is 3.81. The van der Waals surface area contributed by atoms with Crippen LogP contribution in [0, 0.1) is 0 Å². The number of hydrogen-bond acceptors (Lipinski definition) is 6. The van der Waals surface area contributed by atoms with Crippen LogP contribution in [0.3, 0.4) is 0 Å². The molecule has 3 aromatic rings. The van der Waals surface area contributed by atoms with Crippen molar-refractivity contribution in [3.05, 3.63) is 42.7 Å². The Bertz CT molecular complexity index is 942. The van der Waals surface area contributed by atoms with Crippen LogP contribution in [-0.2, 0) is 0 Å². The van der Waals surface area contributed by atoms with Gasteiger partial charge in [0.25, 0.3) is 0 Å². The van der Waals surface area contributed by atoms with Gasteiger partial charge in [0.05, 0.1) is 13.3 Å². The predicted octanol–water partition coefficient (Wildman–Crippen LogP) is 2.87. The Morgan fingerprint density at radius 3 is 2.40 bits per heavy atom. The number of rotatable bonds is 8. The zero-order valence-electron chi connectivity index (χ0n) is 18.3. The molecule has 0 bridgehead atoms. The van der Waals surface area contributed by atoms with Gasteiger partial charge < -0.3 is 14.5 Å². The second kappa shape index (κ2) is 9.45. The third-order valence-corrected chi connectivity index (χ3v) is 6.11. The fraction of sp³-hybridized carbons (Fsp3) is 0.478. The van der Waals surface area contributed by atoms with Crippen molar-refractivity contribution in [2.45, 2.75) is 13.8 Å². The molecule has 160 valence electrons. The van der Waals surface area contributed by atoms with Gasteiger partial charge in [-0.3, -0.25) is 4.90 Å². The number of fused-ring (bicyclic) bond motifs is 1. The summed E-state index contributed by atoms with van der Waals surface area (Å²) in [6.45, 7) is 13.2. The molecule has 2 aromatic heterocycles. The number of ether oxygens (including phenoxy) is 1. The van der Waals surface area contributed by atoms with Gasteiger partial charge in [0.2, 0.25) is 0 Å². The summed E-state index contributed by atoms with van der Waals surface area (Å²) in [6, 6.07) is 10.1. The van der Waals surface area contributed by atoms with Crippen LogP contribution in [0.5, 0.6) is 5.75 Å². The van der Waals surface area contributed by atoms with E-state index in [0.29, 0.717) is 0 Å². The number of piperazine rings is 1. The van der Waals surface area contributed by atoms with Crippen molar-refractivity contribution in [2.75, 3.05) is 64.4 Å². The highest BCUT2D eigenvalue weighted by Gasteiger charge is 2.20. The minimum Gasteiger partial charge on any atom is -0.497 e. The molecule has 0 radical (unpaired) electrons. The maximum absolute atomic E-state index is 5.27. The lowest BCUT2D eigenvalue weighted by molar-refractivity contribution is 0.205. The monoisotopic (exact) mass is 408 g/mol. The molecule has 0 aliphatic carbocycles. The summed E-state index contributed by atoms with van der Waals surface area (Å²) in [5, 5.41) is 4.67. The largest absolute Gasteiger partial charge is 0.497 e. The van der Waals surface area contributed by atoms with E-state index in [-0.39, 0.29) is 0 Å². The topological polar surface area (TPSA) is 49.1 Å². The van der Waals surface area contributed by atoms with Crippen LogP contribution in [0.15, 0.2) is 42.7 Å². The number of nitrogens with zero attached hydrogens (tertiary/aromatic N) is 6. The van der Waals surface area contributed by atoms with Crippen molar-refractivity contribution in [2.24, 2.45) is 0 Å². The average Bonchev–Trinajstić information content (AvgIpc) is 3.24. The van der Waals surface area contributed by atoms with Crippen LogP contribution >= 0.6 is 0 Å². The van der Waals surface area contributed by atoms with E-state index < -0.39 is 0 Å². The first kappa shape index (κ1) is 20.6. The van der Waals surface area contributed by atoms with Crippen molar-refractivity contribution >= 4 is 11.5 Å². The molecule has 0 N–H and O–H groups in total. The number of likely N-dealkylation sites (N-methyl/N-ethyl adjacent to an activating group) is 1. The zero-order valence-corrected chi connectivity index (χ0v) is 18.3. The molecule has 30 heavy (non-hydrogen) atoms. The van der Waals surface area contributed by atoms with Gasteiger partial charge in [0, 0.05) is 51.0 Å². The highest BCUT2D eigenvalue weighted by Crippen LogP contribution is 2.27. The van der Waals surface area contributed by atoms with Crippen LogP contribution in [0.4, 0.5) is 5.82 Å². The average molecular weight is 409 g/mol. The smallest absolute Gasteiger partial charge is 0.165 e. The SMILES string of the molecule is CCN(CC)CCN1CCN(c2ccnc3c(-c4ccc(OC)cc4)cnn23)CC1. The maximum atomic E-state index is 5.27. The number of methoxy groups -OCH3 is 1. The highest BCUT2D eigenvalue weighted by molar-refractivity contribution is 5.78. The lowest BCUT2D eigenvalue weighted by atomic mass is 10.1. The molecular formula is C23H32N6O. The Morgan fingerprint density at radius 1 is 1.00 bits per heavy atom. The van der Waals surface area contributed by atoms with Crippen LogP contribution in [0.1, 0.15) is 13.8 Å². The molecular weight excluding hydrogens is 376 g/mol. The number of aromatic nitrogens is 3. The van der Waals surface area contributed by atoms with Gasteiger partial charge in [-0.2, -0.15) is 9.61 Å². The van der Waals surface area contributed by atoms with Gasteiger partial charge in [-0.1, -0.05) is 26.0 Å². The summed E-state index contributed by atoms with van der Waals surface area (Å²) < 4.78 is 7.25. The van der Waals surface area contributed by atoms with E-state index in [4.69, 9.17) is 4.74 Å². The molecule has 7 nitrogen and oxygen atoms in total. The van der Waals surface area contributed by atoms with Crippen LogP contribution < -0.4 is 9.64 Å². The maximum Gasteiger partial charge on any atom is 0.165 e. The third-order valence-electron chi connectivity index (χ3n) is 6.11. The predicted molar refractivity (Wildman–Crippen MR) is 121 cm³/mol. The standard InChI is InChI=1S/C23H32N6O/c1-4-26(5-2)12-13-27-14-16-28(17-15-27)22-10-11-24-23-21(18-25-29(22)23)19-6-8-20(30-3)9-7-19/h6-11,18H,4-5,12-17H2,1-3H3.